The Hall–Kier alpha value is -2.61. The second-order valence-electron chi connectivity index (χ2n) is 5.16. The van der Waals surface area contributed by atoms with Crippen LogP contribution >= 0.6 is 0 Å². The number of aliphatic hydroxyl groups is 1. The number of likely N-dealkylation sites (N-methyl/N-ethyl adjacent to an activating group) is 1. The van der Waals surface area contributed by atoms with E-state index in [9.17, 15) is 19.5 Å². The normalized spacial score (nSPS) is 12.8. The van der Waals surface area contributed by atoms with Crippen molar-refractivity contribution in [2.75, 3.05) is 20.2 Å². The fourth-order valence-electron chi connectivity index (χ4n) is 2.03. The lowest BCUT2D eigenvalue weighted by Gasteiger charge is -2.24. The molecule has 0 aliphatic rings. The number of rotatable bonds is 8. The van der Waals surface area contributed by atoms with Gasteiger partial charge in [0.25, 0.3) is 0 Å². The van der Waals surface area contributed by atoms with Gasteiger partial charge in [0.1, 0.15) is 0 Å². The zero-order valence-corrected chi connectivity index (χ0v) is 13.6. The Morgan fingerprint density at radius 1 is 1.25 bits per heavy atom. The minimum Gasteiger partial charge on any atom is -0.481 e. The zero-order chi connectivity index (χ0) is 18.1. The average molecular weight is 338 g/mol. The minimum absolute atomic E-state index is 0.125. The zero-order valence-electron chi connectivity index (χ0n) is 13.6. The van der Waals surface area contributed by atoms with E-state index in [1.54, 1.807) is 37.3 Å². The second-order valence-corrected chi connectivity index (χ2v) is 5.16. The first kappa shape index (κ1) is 19.4. The van der Waals surface area contributed by atoms with Crippen LogP contribution in [0.3, 0.4) is 0 Å². The highest BCUT2D eigenvalue weighted by Crippen LogP contribution is 2.16. The van der Waals surface area contributed by atoms with Crippen LogP contribution in [0.2, 0.25) is 0 Å². The molecule has 1 aromatic rings. The molecule has 0 aromatic heterocycles. The summed E-state index contributed by atoms with van der Waals surface area (Å²) in [6, 6.07) is 7.36. The molecular formula is C16H22N2O6. The number of nitrogens with one attached hydrogen (secondary N) is 1. The molecule has 132 valence electrons. The Bertz CT molecular complexity index is 563. The molecule has 0 heterocycles. The summed E-state index contributed by atoms with van der Waals surface area (Å²) in [5, 5.41) is 21.3. The predicted octanol–water partition coefficient (Wildman–Crippen LogP) is 0.768. The topological polar surface area (TPSA) is 116 Å². The van der Waals surface area contributed by atoms with Crippen molar-refractivity contribution in [3.05, 3.63) is 35.9 Å². The van der Waals surface area contributed by atoms with Crippen molar-refractivity contribution in [1.29, 1.82) is 0 Å². The summed E-state index contributed by atoms with van der Waals surface area (Å²) in [4.78, 5) is 35.7. The highest BCUT2D eigenvalue weighted by atomic mass is 16.5. The van der Waals surface area contributed by atoms with Gasteiger partial charge in [-0.15, -0.1) is 0 Å². The third-order valence-electron chi connectivity index (χ3n) is 3.23. The molecular weight excluding hydrogens is 316 g/mol. The van der Waals surface area contributed by atoms with Gasteiger partial charge in [-0.1, -0.05) is 30.3 Å². The fourth-order valence-corrected chi connectivity index (χ4v) is 2.03. The summed E-state index contributed by atoms with van der Waals surface area (Å²) >= 11 is 0. The maximum atomic E-state index is 12.2. The maximum Gasteiger partial charge on any atom is 0.336 e. The Labute approximate surface area is 140 Å². The van der Waals surface area contributed by atoms with Crippen LogP contribution in [0.5, 0.6) is 0 Å². The number of hydrogen-bond acceptors (Lipinski definition) is 5. The van der Waals surface area contributed by atoms with Gasteiger partial charge in [-0.2, -0.15) is 0 Å². The molecule has 0 aliphatic carbocycles. The molecule has 0 spiro atoms. The van der Waals surface area contributed by atoms with Crippen molar-refractivity contribution >= 4 is 18.0 Å². The molecule has 8 heteroatoms. The Balaban J connectivity index is 2.70. The number of urea groups is 1. The molecule has 0 saturated carbocycles. The third-order valence-corrected chi connectivity index (χ3v) is 3.23. The molecule has 2 unspecified atom stereocenters. The van der Waals surface area contributed by atoms with Gasteiger partial charge in [-0.3, -0.25) is 4.79 Å². The molecule has 0 fully saturated rings. The number of nitrogens with zero attached hydrogens (tertiary/aromatic N) is 1. The molecule has 3 N–H and O–H groups in total. The van der Waals surface area contributed by atoms with Crippen LogP contribution in [-0.2, 0) is 14.3 Å². The molecule has 2 atom stereocenters. The van der Waals surface area contributed by atoms with E-state index in [0.29, 0.717) is 5.56 Å². The van der Waals surface area contributed by atoms with Crippen molar-refractivity contribution in [3.63, 3.8) is 0 Å². The van der Waals surface area contributed by atoms with Crippen LogP contribution in [0.1, 0.15) is 24.9 Å². The van der Waals surface area contributed by atoms with E-state index in [4.69, 9.17) is 5.11 Å². The van der Waals surface area contributed by atoms with Gasteiger partial charge in [-0.25, -0.2) is 9.59 Å². The lowest BCUT2D eigenvalue weighted by molar-refractivity contribution is -0.153. The van der Waals surface area contributed by atoms with E-state index >= 15 is 0 Å². The molecule has 0 aliphatic heterocycles. The Kier molecular flexibility index (Phi) is 7.70. The SMILES string of the molecule is CCOC(=O)C(O)CN(C)C(=O)NC(CC(=O)O)c1ccccc1. The quantitative estimate of drug-likeness (QED) is 0.603. The number of carboxylic acid groups (broad SMARTS) is 1. The number of amides is 2. The van der Waals surface area contributed by atoms with Gasteiger partial charge in [0.2, 0.25) is 0 Å². The number of carbonyl (C=O) groups is 3. The van der Waals surface area contributed by atoms with Crippen molar-refractivity contribution in [3.8, 4) is 0 Å². The first-order valence-electron chi connectivity index (χ1n) is 7.48. The number of esters is 1. The lowest BCUT2D eigenvalue weighted by Crippen LogP contribution is -2.45. The second kappa shape index (κ2) is 9.51. The number of aliphatic hydroxyl groups excluding tert-OH is 1. The van der Waals surface area contributed by atoms with Gasteiger partial charge in [0.15, 0.2) is 6.10 Å². The number of benzene rings is 1. The number of carboxylic acids is 1. The molecule has 0 saturated heterocycles. The van der Waals surface area contributed by atoms with Gasteiger partial charge in [-0.05, 0) is 12.5 Å². The van der Waals surface area contributed by atoms with Crippen molar-refractivity contribution in [2.24, 2.45) is 0 Å². The smallest absolute Gasteiger partial charge is 0.336 e. The van der Waals surface area contributed by atoms with E-state index < -0.39 is 30.1 Å². The predicted molar refractivity (Wildman–Crippen MR) is 85.2 cm³/mol. The lowest BCUT2D eigenvalue weighted by atomic mass is 10.0. The number of ether oxygens (including phenoxy) is 1. The van der Waals surface area contributed by atoms with E-state index in [0.717, 1.165) is 4.90 Å². The summed E-state index contributed by atoms with van der Waals surface area (Å²) in [5.74, 6) is -1.87. The van der Waals surface area contributed by atoms with E-state index in [2.05, 4.69) is 10.1 Å². The minimum atomic E-state index is -1.46. The summed E-state index contributed by atoms with van der Waals surface area (Å²) in [7, 11) is 1.39. The highest BCUT2D eigenvalue weighted by molar-refractivity contribution is 5.78. The fraction of sp³-hybridized carbons (Fsp3) is 0.438. The molecule has 2 amide bonds. The molecule has 1 rings (SSSR count). The van der Waals surface area contributed by atoms with Crippen LogP contribution in [-0.4, -0.2) is 59.4 Å². The third kappa shape index (κ3) is 6.25. The van der Waals surface area contributed by atoms with Gasteiger partial charge >= 0.3 is 18.0 Å². The van der Waals surface area contributed by atoms with Crippen LogP contribution in [0, 0.1) is 0 Å². The van der Waals surface area contributed by atoms with E-state index in [1.165, 1.54) is 7.05 Å². The monoisotopic (exact) mass is 338 g/mol. The molecule has 0 bridgehead atoms. The molecule has 24 heavy (non-hydrogen) atoms. The summed E-state index contributed by atoms with van der Waals surface area (Å²) in [5.41, 5.74) is 0.646. The maximum absolute atomic E-state index is 12.2. The Morgan fingerprint density at radius 3 is 2.42 bits per heavy atom. The molecule has 1 aromatic carbocycles. The standard InChI is InChI=1S/C16H22N2O6/c1-3-24-15(22)13(19)10-18(2)16(23)17-12(9-14(20)21)11-7-5-4-6-8-11/h4-8,12-13,19H,3,9-10H2,1-2H3,(H,17,23)(H,20,21). The number of carbonyl (C=O) groups excluding carboxylic acids is 2. The number of aliphatic carboxylic acids is 1. The first-order valence-corrected chi connectivity index (χ1v) is 7.48. The van der Waals surface area contributed by atoms with E-state index in [1.807, 2.05) is 0 Å². The Morgan fingerprint density at radius 2 is 1.88 bits per heavy atom. The van der Waals surface area contributed by atoms with Crippen molar-refractivity contribution < 1.29 is 29.3 Å². The van der Waals surface area contributed by atoms with E-state index in [-0.39, 0.29) is 19.6 Å². The van der Waals surface area contributed by atoms with Gasteiger partial charge < -0.3 is 25.2 Å². The average Bonchev–Trinajstić information content (AvgIpc) is 2.54. The summed E-state index contributed by atoms with van der Waals surface area (Å²) in [6.45, 7) is 1.47. The first-order chi connectivity index (χ1) is 11.3. The van der Waals surface area contributed by atoms with Crippen LogP contribution in [0.25, 0.3) is 0 Å². The molecule has 8 nitrogen and oxygen atoms in total. The van der Waals surface area contributed by atoms with Crippen molar-refractivity contribution in [2.45, 2.75) is 25.5 Å². The highest BCUT2D eigenvalue weighted by Gasteiger charge is 2.24. The van der Waals surface area contributed by atoms with Crippen LogP contribution in [0.15, 0.2) is 30.3 Å². The summed E-state index contributed by atoms with van der Waals surface area (Å²) < 4.78 is 4.66. The van der Waals surface area contributed by atoms with Crippen LogP contribution < -0.4 is 5.32 Å². The number of hydrogen-bond donors (Lipinski definition) is 3. The van der Waals surface area contributed by atoms with Gasteiger partial charge in [0.05, 0.1) is 25.6 Å². The van der Waals surface area contributed by atoms with Crippen molar-refractivity contribution in [1.82, 2.24) is 10.2 Å². The summed E-state index contributed by atoms with van der Waals surface area (Å²) in [6.07, 6.45) is -1.75. The van der Waals surface area contributed by atoms with Gasteiger partial charge in [0, 0.05) is 7.05 Å². The van der Waals surface area contributed by atoms with Crippen LogP contribution in [0.4, 0.5) is 4.79 Å². The molecule has 0 radical (unpaired) electrons. The largest absolute Gasteiger partial charge is 0.481 e.